The topological polar surface area (TPSA) is 77.3 Å². The summed E-state index contributed by atoms with van der Waals surface area (Å²) in [6.45, 7) is 2.70. The first-order chi connectivity index (χ1) is 10.7. The Morgan fingerprint density at radius 3 is 2.73 bits per heavy atom. The molecule has 0 spiro atoms. The largest absolute Gasteiger partial charge is 0.469 e. The van der Waals surface area contributed by atoms with Crippen LogP contribution in [0.4, 0.5) is 0 Å². The van der Waals surface area contributed by atoms with E-state index < -0.39 is 0 Å². The number of rotatable bonds is 6. The number of carbonyl (C=O) groups is 2. The molecule has 0 radical (unpaired) electrons. The van der Waals surface area contributed by atoms with Crippen LogP contribution in [0.25, 0.3) is 5.82 Å². The number of hydrogen-bond acceptors (Lipinski definition) is 5. The predicted molar refractivity (Wildman–Crippen MR) is 79.6 cm³/mol. The maximum absolute atomic E-state index is 12.4. The van der Waals surface area contributed by atoms with E-state index >= 15 is 0 Å². The van der Waals surface area contributed by atoms with Gasteiger partial charge < -0.3 is 9.64 Å². The molecule has 0 aliphatic carbocycles. The predicted octanol–water partition coefficient (Wildman–Crippen LogP) is 1.29. The summed E-state index contributed by atoms with van der Waals surface area (Å²) >= 11 is 0. The number of esters is 1. The number of aromatic nitrogens is 3. The first-order valence-corrected chi connectivity index (χ1v) is 6.96. The monoisotopic (exact) mass is 302 g/mol. The average Bonchev–Trinajstić information content (AvgIpc) is 3.09. The highest BCUT2D eigenvalue weighted by Crippen LogP contribution is 2.09. The number of carbonyl (C=O) groups excluding carboxylic acids is 2. The smallest absolute Gasteiger partial charge is 0.307 e. The Bertz CT molecular complexity index is 623. The SMILES string of the molecule is CCN(CCC(=O)OC)C(=O)c1ccc(-n2ccnc2)nc1. The van der Waals surface area contributed by atoms with Crippen LogP contribution in [0.2, 0.25) is 0 Å². The molecule has 116 valence electrons. The normalized spacial score (nSPS) is 10.3. The zero-order valence-electron chi connectivity index (χ0n) is 12.6. The van der Waals surface area contributed by atoms with Gasteiger partial charge in [-0.15, -0.1) is 0 Å². The summed E-state index contributed by atoms with van der Waals surface area (Å²) in [6.07, 6.45) is 6.78. The summed E-state index contributed by atoms with van der Waals surface area (Å²) in [5, 5.41) is 0. The minimum atomic E-state index is -0.333. The molecule has 7 nitrogen and oxygen atoms in total. The van der Waals surface area contributed by atoms with Crippen molar-refractivity contribution in [3.05, 3.63) is 42.6 Å². The molecular weight excluding hydrogens is 284 g/mol. The van der Waals surface area contributed by atoms with Crippen LogP contribution in [0.3, 0.4) is 0 Å². The molecule has 1 amide bonds. The molecule has 0 aliphatic heterocycles. The molecule has 0 N–H and O–H groups in total. The molecule has 2 rings (SSSR count). The fourth-order valence-corrected chi connectivity index (χ4v) is 1.97. The van der Waals surface area contributed by atoms with Crippen molar-refractivity contribution in [3.8, 4) is 5.82 Å². The van der Waals surface area contributed by atoms with Crippen molar-refractivity contribution in [1.29, 1.82) is 0 Å². The van der Waals surface area contributed by atoms with Crippen LogP contribution in [0.5, 0.6) is 0 Å². The van der Waals surface area contributed by atoms with Gasteiger partial charge in [0.25, 0.3) is 5.91 Å². The van der Waals surface area contributed by atoms with Crippen LogP contribution in [0.1, 0.15) is 23.7 Å². The number of amides is 1. The molecule has 0 atom stereocenters. The van der Waals surface area contributed by atoms with Crippen LogP contribution >= 0.6 is 0 Å². The number of imidazole rings is 1. The lowest BCUT2D eigenvalue weighted by molar-refractivity contribution is -0.140. The molecule has 0 saturated carbocycles. The van der Waals surface area contributed by atoms with Gasteiger partial charge in [-0.25, -0.2) is 9.97 Å². The highest BCUT2D eigenvalue weighted by Gasteiger charge is 2.16. The minimum absolute atomic E-state index is 0.156. The van der Waals surface area contributed by atoms with Gasteiger partial charge in [0.2, 0.25) is 0 Å². The van der Waals surface area contributed by atoms with E-state index in [4.69, 9.17) is 0 Å². The van der Waals surface area contributed by atoms with Crippen LogP contribution in [-0.4, -0.2) is 51.5 Å². The third-order valence-corrected chi connectivity index (χ3v) is 3.25. The Balaban J connectivity index is 2.06. The molecule has 0 fully saturated rings. The third-order valence-electron chi connectivity index (χ3n) is 3.25. The Kier molecular flexibility index (Phi) is 5.24. The maximum Gasteiger partial charge on any atom is 0.307 e. The van der Waals surface area contributed by atoms with Crippen molar-refractivity contribution in [3.63, 3.8) is 0 Å². The molecule has 7 heteroatoms. The van der Waals surface area contributed by atoms with Crippen LogP contribution in [0, 0.1) is 0 Å². The quantitative estimate of drug-likeness (QED) is 0.751. The first-order valence-electron chi connectivity index (χ1n) is 6.96. The van der Waals surface area contributed by atoms with Gasteiger partial charge in [0.05, 0.1) is 19.1 Å². The molecule has 0 unspecified atom stereocenters. The van der Waals surface area contributed by atoms with Gasteiger partial charge >= 0.3 is 5.97 Å². The van der Waals surface area contributed by atoms with Crippen molar-refractivity contribution >= 4 is 11.9 Å². The van der Waals surface area contributed by atoms with Crippen molar-refractivity contribution in [2.45, 2.75) is 13.3 Å². The van der Waals surface area contributed by atoms with Crippen molar-refractivity contribution in [1.82, 2.24) is 19.4 Å². The number of ether oxygens (including phenoxy) is 1. The summed E-state index contributed by atoms with van der Waals surface area (Å²) in [4.78, 5) is 33.4. The fraction of sp³-hybridized carbons (Fsp3) is 0.333. The molecule has 0 saturated heterocycles. The van der Waals surface area contributed by atoms with E-state index in [1.54, 1.807) is 40.3 Å². The molecule has 2 aromatic rings. The van der Waals surface area contributed by atoms with Crippen molar-refractivity contribution < 1.29 is 14.3 Å². The molecule has 0 aliphatic rings. The van der Waals surface area contributed by atoms with Gasteiger partial charge in [0.15, 0.2) is 0 Å². The van der Waals surface area contributed by atoms with Crippen LogP contribution < -0.4 is 0 Å². The zero-order valence-corrected chi connectivity index (χ0v) is 12.6. The van der Waals surface area contributed by atoms with E-state index in [9.17, 15) is 9.59 Å². The second kappa shape index (κ2) is 7.35. The van der Waals surface area contributed by atoms with Gasteiger partial charge in [-0.1, -0.05) is 0 Å². The molecule has 0 aromatic carbocycles. The Morgan fingerprint density at radius 2 is 2.18 bits per heavy atom. The van der Waals surface area contributed by atoms with Gasteiger partial charge in [-0.3, -0.25) is 14.2 Å². The lowest BCUT2D eigenvalue weighted by Gasteiger charge is -2.20. The Morgan fingerprint density at radius 1 is 1.36 bits per heavy atom. The lowest BCUT2D eigenvalue weighted by Crippen LogP contribution is -2.33. The van der Waals surface area contributed by atoms with Crippen LogP contribution in [0.15, 0.2) is 37.1 Å². The average molecular weight is 302 g/mol. The van der Waals surface area contributed by atoms with E-state index in [2.05, 4.69) is 14.7 Å². The Labute approximate surface area is 128 Å². The van der Waals surface area contributed by atoms with E-state index in [0.29, 0.717) is 24.5 Å². The molecule has 2 aromatic heterocycles. The lowest BCUT2D eigenvalue weighted by atomic mass is 10.2. The standard InChI is InChI=1S/C15H18N4O3/c1-3-18(8-6-14(20)22-2)15(21)12-4-5-13(17-10-12)19-9-7-16-11-19/h4-5,7,9-11H,3,6,8H2,1-2H3. The third kappa shape index (κ3) is 3.69. The zero-order chi connectivity index (χ0) is 15.9. The summed E-state index contributed by atoms with van der Waals surface area (Å²) < 4.78 is 6.34. The van der Waals surface area contributed by atoms with Gasteiger partial charge in [-0.05, 0) is 19.1 Å². The molecule has 2 heterocycles. The van der Waals surface area contributed by atoms with Gasteiger partial charge in [-0.2, -0.15) is 0 Å². The summed E-state index contributed by atoms with van der Waals surface area (Å²) in [5.41, 5.74) is 0.482. The highest BCUT2D eigenvalue weighted by molar-refractivity contribution is 5.94. The van der Waals surface area contributed by atoms with E-state index in [1.807, 2.05) is 6.92 Å². The van der Waals surface area contributed by atoms with Crippen molar-refractivity contribution in [2.24, 2.45) is 0 Å². The number of pyridine rings is 1. The summed E-state index contributed by atoms with van der Waals surface area (Å²) in [7, 11) is 1.33. The van der Waals surface area contributed by atoms with Crippen molar-refractivity contribution in [2.75, 3.05) is 20.2 Å². The summed E-state index contributed by atoms with van der Waals surface area (Å²) in [5.74, 6) is 0.197. The van der Waals surface area contributed by atoms with E-state index in [0.717, 1.165) is 0 Å². The first kappa shape index (κ1) is 15.7. The Hall–Kier alpha value is -2.70. The van der Waals surface area contributed by atoms with Gasteiger partial charge in [0, 0.05) is 31.7 Å². The van der Waals surface area contributed by atoms with Crippen LogP contribution in [-0.2, 0) is 9.53 Å². The second-order valence-electron chi connectivity index (χ2n) is 4.59. The number of methoxy groups -OCH3 is 1. The van der Waals surface area contributed by atoms with E-state index in [1.165, 1.54) is 13.3 Å². The van der Waals surface area contributed by atoms with Gasteiger partial charge in [0.1, 0.15) is 12.1 Å². The molecule has 0 bridgehead atoms. The minimum Gasteiger partial charge on any atom is -0.469 e. The fourth-order valence-electron chi connectivity index (χ4n) is 1.97. The summed E-state index contributed by atoms with van der Waals surface area (Å²) in [6, 6.07) is 3.47. The second-order valence-corrected chi connectivity index (χ2v) is 4.59. The number of hydrogen-bond donors (Lipinski definition) is 0. The highest BCUT2D eigenvalue weighted by atomic mass is 16.5. The molecule has 22 heavy (non-hydrogen) atoms. The number of nitrogens with zero attached hydrogens (tertiary/aromatic N) is 4. The molecular formula is C15H18N4O3. The maximum atomic E-state index is 12.4. The van der Waals surface area contributed by atoms with E-state index in [-0.39, 0.29) is 18.3 Å².